The second kappa shape index (κ2) is 8.97. The van der Waals surface area contributed by atoms with Crippen LogP contribution in [0.5, 0.6) is 5.75 Å². The van der Waals surface area contributed by atoms with E-state index in [1.54, 1.807) is 12.0 Å². The number of carboxylic acid groups (broad SMARTS) is 1. The molecule has 0 aromatic heterocycles. The SMILES string of the molecule is CCCN(CC(=O)O)CC(=O)NCc1ccc(OC)cc1. The van der Waals surface area contributed by atoms with Gasteiger partial charge in [-0.25, -0.2) is 0 Å². The minimum Gasteiger partial charge on any atom is -0.497 e. The summed E-state index contributed by atoms with van der Waals surface area (Å²) in [7, 11) is 1.60. The highest BCUT2D eigenvalue weighted by Gasteiger charge is 2.12. The normalized spacial score (nSPS) is 10.4. The van der Waals surface area contributed by atoms with E-state index in [0.29, 0.717) is 13.1 Å². The average molecular weight is 294 g/mol. The van der Waals surface area contributed by atoms with Crippen molar-refractivity contribution in [1.29, 1.82) is 0 Å². The summed E-state index contributed by atoms with van der Waals surface area (Å²) in [4.78, 5) is 24.2. The molecule has 0 fully saturated rings. The molecule has 0 heterocycles. The van der Waals surface area contributed by atoms with Gasteiger partial charge in [0.2, 0.25) is 5.91 Å². The van der Waals surface area contributed by atoms with Gasteiger partial charge in [0.15, 0.2) is 0 Å². The van der Waals surface area contributed by atoms with Gasteiger partial charge in [-0.05, 0) is 30.7 Å². The number of aliphatic carboxylic acids is 1. The Labute approximate surface area is 124 Å². The van der Waals surface area contributed by atoms with E-state index in [0.717, 1.165) is 17.7 Å². The van der Waals surface area contributed by atoms with Crippen LogP contribution in [-0.2, 0) is 16.1 Å². The maximum absolute atomic E-state index is 11.8. The van der Waals surface area contributed by atoms with E-state index >= 15 is 0 Å². The van der Waals surface area contributed by atoms with Crippen molar-refractivity contribution in [2.45, 2.75) is 19.9 Å². The highest BCUT2D eigenvalue weighted by molar-refractivity contribution is 5.79. The van der Waals surface area contributed by atoms with Crippen molar-refractivity contribution >= 4 is 11.9 Å². The fourth-order valence-electron chi connectivity index (χ4n) is 1.92. The maximum Gasteiger partial charge on any atom is 0.317 e. The lowest BCUT2D eigenvalue weighted by Crippen LogP contribution is -2.39. The van der Waals surface area contributed by atoms with Crippen LogP contribution in [0.25, 0.3) is 0 Å². The number of methoxy groups -OCH3 is 1. The zero-order valence-electron chi connectivity index (χ0n) is 12.5. The summed E-state index contributed by atoms with van der Waals surface area (Å²) in [5.41, 5.74) is 0.962. The minimum absolute atomic E-state index is 0.0935. The minimum atomic E-state index is -0.925. The Balaban J connectivity index is 2.42. The van der Waals surface area contributed by atoms with Crippen molar-refractivity contribution in [1.82, 2.24) is 10.2 Å². The van der Waals surface area contributed by atoms with E-state index in [9.17, 15) is 9.59 Å². The summed E-state index contributed by atoms with van der Waals surface area (Å²) in [6.45, 7) is 2.92. The summed E-state index contributed by atoms with van der Waals surface area (Å²) in [6.07, 6.45) is 0.805. The number of nitrogens with one attached hydrogen (secondary N) is 1. The van der Waals surface area contributed by atoms with Crippen LogP contribution in [0.2, 0.25) is 0 Å². The molecule has 0 saturated heterocycles. The number of carboxylic acids is 1. The summed E-state index contributed by atoms with van der Waals surface area (Å²) < 4.78 is 5.06. The number of hydrogen-bond acceptors (Lipinski definition) is 4. The number of benzene rings is 1. The average Bonchev–Trinajstić information content (AvgIpc) is 2.45. The topological polar surface area (TPSA) is 78.9 Å². The lowest BCUT2D eigenvalue weighted by atomic mass is 10.2. The first-order valence-corrected chi connectivity index (χ1v) is 6.89. The summed E-state index contributed by atoms with van der Waals surface area (Å²) in [6, 6.07) is 7.41. The predicted molar refractivity (Wildman–Crippen MR) is 79.2 cm³/mol. The van der Waals surface area contributed by atoms with Crippen LogP contribution in [0.1, 0.15) is 18.9 Å². The molecule has 2 N–H and O–H groups in total. The van der Waals surface area contributed by atoms with Gasteiger partial charge < -0.3 is 15.2 Å². The molecule has 0 saturated carbocycles. The molecule has 6 heteroatoms. The molecule has 1 rings (SSSR count). The van der Waals surface area contributed by atoms with Crippen molar-refractivity contribution in [2.24, 2.45) is 0 Å². The molecule has 1 aromatic carbocycles. The molecule has 0 aliphatic heterocycles. The molecule has 116 valence electrons. The van der Waals surface area contributed by atoms with Crippen LogP contribution < -0.4 is 10.1 Å². The molecule has 0 unspecified atom stereocenters. The van der Waals surface area contributed by atoms with Crippen molar-refractivity contribution in [2.75, 3.05) is 26.7 Å². The van der Waals surface area contributed by atoms with Crippen LogP contribution in [-0.4, -0.2) is 48.6 Å². The number of hydrogen-bond donors (Lipinski definition) is 2. The number of amides is 1. The number of carbonyl (C=O) groups excluding carboxylic acids is 1. The van der Waals surface area contributed by atoms with Crippen LogP contribution in [0.3, 0.4) is 0 Å². The van der Waals surface area contributed by atoms with Crippen LogP contribution in [0.4, 0.5) is 0 Å². The van der Waals surface area contributed by atoms with Gasteiger partial charge in [0, 0.05) is 6.54 Å². The zero-order valence-corrected chi connectivity index (χ0v) is 12.5. The van der Waals surface area contributed by atoms with Gasteiger partial charge >= 0.3 is 5.97 Å². The molecule has 0 spiro atoms. The highest BCUT2D eigenvalue weighted by atomic mass is 16.5. The van der Waals surface area contributed by atoms with Crippen molar-refractivity contribution in [3.05, 3.63) is 29.8 Å². The Kier molecular flexibility index (Phi) is 7.25. The van der Waals surface area contributed by atoms with E-state index in [1.807, 2.05) is 31.2 Å². The first kappa shape index (κ1) is 17.0. The Bertz CT molecular complexity index is 459. The molecule has 1 aromatic rings. The van der Waals surface area contributed by atoms with E-state index in [1.165, 1.54) is 0 Å². The summed E-state index contributed by atoms with van der Waals surface area (Å²) in [5, 5.41) is 11.6. The fraction of sp³-hybridized carbons (Fsp3) is 0.467. The molecule has 0 aliphatic rings. The van der Waals surface area contributed by atoms with Gasteiger partial charge in [-0.15, -0.1) is 0 Å². The van der Waals surface area contributed by atoms with Crippen molar-refractivity contribution < 1.29 is 19.4 Å². The quantitative estimate of drug-likeness (QED) is 0.713. The van der Waals surface area contributed by atoms with Gasteiger partial charge in [0.1, 0.15) is 5.75 Å². The van der Waals surface area contributed by atoms with E-state index in [-0.39, 0.29) is 19.0 Å². The number of nitrogens with zero attached hydrogens (tertiary/aromatic N) is 1. The molecule has 0 atom stereocenters. The van der Waals surface area contributed by atoms with Gasteiger partial charge in [-0.1, -0.05) is 19.1 Å². The first-order chi connectivity index (χ1) is 10.0. The van der Waals surface area contributed by atoms with Crippen LogP contribution >= 0.6 is 0 Å². The van der Waals surface area contributed by atoms with Crippen LogP contribution in [0.15, 0.2) is 24.3 Å². The fourth-order valence-corrected chi connectivity index (χ4v) is 1.92. The Morgan fingerprint density at radius 1 is 1.24 bits per heavy atom. The first-order valence-electron chi connectivity index (χ1n) is 6.89. The largest absolute Gasteiger partial charge is 0.497 e. The standard InChI is InChI=1S/C15H22N2O4/c1-3-8-17(11-15(19)20)10-14(18)16-9-12-4-6-13(21-2)7-5-12/h4-7H,3,8-11H2,1-2H3,(H,16,18)(H,19,20). The third kappa shape index (κ3) is 6.76. The summed E-state index contributed by atoms with van der Waals surface area (Å²) in [5.74, 6) is -0.340. The molecular formula is C15H22N2O4. The summed E-state index contributed by atoms with van der Waals surface area (Å²) >= 11 is 0. The van der Waals surface area contributed by atoms with Gasteiger partial charge in [-0.2, -0.15) is 0 Å². The van der Waals surface area contributed by atoms with Gasteiger partial charge in [0.05, 0.1) is 20.2 Å². The second-order valence-corrected chi connectivity index (χ2v) is 4.73. The highest BCUT2D eigenvalue weighted by Crippen LogP contribution is 2.10. The molecule has 0 bridgehead atoms. The monoisotopic (exact) mass is 294 g/mol. The van der Waals surface area contributed by atoms with E-state index in [4.69, 9.17) is 9.84 Å². The van der Waals surface area contributed by atoms with Gasteiger partial charge in [-0.3, -0.25) is 14.5 Å². The molecule has 21 heavy (non-hydrogen) atoms. The maximum atomic E-state index is 11.8. The molecular weight excluding hydrogens is 272 g/mol. The second-order valence-electron chi connectivity index (χ2n) is 4.73. The van der Waals surface area contributed by atoms with E-state index in [2.05, 4.69) is 5.32 Å². The Hall–Kier alpha value is -2.08. The third-order valence-electron chi connectivity index (χ3n) is 2.91. The van der Waals surface area contributed by atoms with Crippen molar-refractivity contribution in [3.8, 4) is 5.75 Å². The smallest absolute Gasteiger partial charge is 0.317 e. The predicted octanol–water partition coefficient (Wildman–Crippen LogP) is 1.11. The van der Waals surface area contributed by atoms with Crippen molar-refractivity contribution in [3.63, 3.8) is 0 Å². The number of carbonyl (C=O) groups is 2. The molecule has 0 radical (unpaired) electrons. The third-order valence-corrected chi connectivity index (χ3v) is 2.91. The number of ether oxygens (including phenoxy) is 1. The molecule has 0 aliphatic carbocycles. The Morgan fingerprint density at radius 3 is 2.43 bits per heavy atom. The number of rotatable bonds is 9. The lowest BCUT2D eigenvalue weighted by Gasteiger charge is -2.18. The zero-order chi connectivity index (χ0) is 15.7. The molecule has 6 nitrogen and oxygen atoms in total. The lowest BCUT2D eigenvalue weighted by molar-refractivity contribution is -0.138. The van der Waals surface area contributed by atoms with Gasteiger partial charge in [0.25, 0.3) is 0 Å². The van der Waals surface area contributed by atoms with E-state index < -0.39 is 5.97 Å². The van der Waals surface area contributed by atoms with Crippen LogP contribution in [0, 0.1) is 0 Å². The Morgan fingerprint density at radius 2 is 1.90 bits per heavy atom. The molecule has 1 amide bonds.